The van der Waals surface area contributed by atoms with Gasteiger partial charge in [0.15, 0.2) is 0 Å². The van der Waals surface area contributed by atoms with Gasteiger partial charge in [0.1, 0.15) is 5.70 Å². The van der Waals surface area contributed by atoms with Gasteiger partial charge in [-0.2, -0.15) is 0 Å². The smallest absolute Gasteiger partial charge is 0.335 e. The number of carbonyl (C=O) groups excluding carboxylic acids is 2. The van der Waals surface area contributed by atoms with Gasteiger partial charge in [0, 0.05) is 17.1 Å². The Bertz CT molecular complexity index is 953. The standard InChI is InChI=1S/C18H17N3O4/c1-9-6-12(17(23)24)4-5-15(9)21-10(2)7-13(11(21)3)8-14-16(22)20-18(25)19-14/h4-8H,1-3H3,(H,23,24)(H2,19,20,22,25)/b14-8-. The molecule has 2 aromatic rings. The molecule has 1 aliphatic rings. The van der Waals surface area contributed by atoms with Crippen LogP contribution in [0.2, 0.25) is 0 Å². The van der Waals surface area contributed by atoms with Gasteiger partial charge in [0.2, 0.25) is 0 Å². The van der Waals surface area contributed by atoms with E-state index in [0.29, 0.717) is 0 Å². The molecular weight excluding hydrogens is 322 g/mol. The quantitative estimate of drug-likeness (QED) is 0.590. The Morgan fingerprint density at radius 3 is 2.40 bits per heavy atom. The third-order valence-electron chi connectivity index (χ3n) is 4.17. The number of benzene rings is 1. The molecule has 2 heterocycles. The first kappa shape index (κ1) is 16.5. The van der Waals surface area contributed by atoms with E-state index in [9.17, 15) is 14.4 Å². The van der Waals surface area contributed by atoms with Gasteiger partial charge < -0.3 is 15.0 Å². The minimum Gasteiger partial charge on any atom is -0.478 e. The van der Waals surface area contributed by atoms with E-state index in [1.807, 2.05) is 31.4 Å². The molecule has 1 aromatic carbocycles. The van der Waals surface area contributed by atoms with E-state index in [-0.39, 0.29) is 11.3 Å². The highest BCUT2D eigenvalue weighted by molar-refractivity contribution is 6.14. The maximum atomic E-state index is 11.7. The summed E-state index contributed by atoms with van der Waals surface area (Å²) in [6, 6.07) is 6.32. The van der Waals surface area contributed by atoms with Crippen LogP contribution in [0.5, 0.6) is 0 Å². The molecule has 1 aliphatic heterocycles. The molecule has 7 nitrogen and oxygen atoms in total. The Kier molecular flexibility index (Phi) is 3.92. The van der Waals surface area contributed by atoms with Gasteiger partial charge in [0.05, 0.1) is 5.56 Å². The SMILES string of the molecule is Cc1cc(C(=O)O)ccc1-n1c(C)cc(/C=C2\NC(=O)NC2=O)c1C. The highest BCUT2D eigenvalue weighted by Crippen LogP contribution is 2.25. The third kappa shape index (κ3) is 2.91. The zero-order chi connectivity index (χ0) is 18.3. The van der Waals surface area contributed by atoms with Crippen molar-refractivity contribution in [3.8, 4) is 5.69 Å². The number of hydrogen-bond acceptors (Lipinski definition) is 3. The number of rotatable bonds is 3. The summed E-state index contributed by atoms with van der Waals surface area (Å²) in [6.07, 6.45) is 1.63. The van der Waals surface area contributed by atoms with Crippen molar-refractivity contribution in [3.63, 3.8) is 0 Å². The van der Waals surface area contributed by atoms with Crippen LogP contribution < -0.4 is 10.6 Å². The minimum absolute atomic E-state index is 0.197. The summed E-state index contributed by atoms with van der Waals surface area (Å²) in [7, 11) is 0. The maximum absolute atomic E-state index is 11.7. The fourth-order valence-electron chi connectivity index (χ4n) is 2.98. The van der Waals surface area contributed by atoms with Crippen molar-refractivity contribution in [1.29, 1.82) is 0 Å². The van der Waals surface area contributed by atoms with Crippen molar-refractivity contribution >= 4 is 24.0 Å². The van der Waals surface area contributed by atoms with E-state index in [2.05, 4.69) is 10.6 Å². The molecule has 0 spiro atoms. The van der Waals surface area contributed by atoms with Crippen LogP contribution in [0, 0.1) is 20.8 Å². The minimum atomic E-state index is -0.969. The Morgan fingerprint density at radius 1 is 1.12 bits per heavy atom. The second-order valence-electron chi connectivity index (χ2n) is 5.93. The molecule has 0 bridgehead atoms. The largest absolute Gasteiger partial charge is 0.478 e. The Labute approximate surface area is 144 Å². The Balaban J connectivity index is 2.07. The number of nitrogens with zero attached hydrogens (tertiary/aromatic N) is 1. The molecule has 1 aromatic heterocycles. The molecule has 0 unspecified atom stereocenters. The summed E-state index contributed by atoms with van der Waals surface area (Å²) in [4.78, 5) is 34.0. The van der Waals surface area contributed by atoms with E-state index in [1.165, 1.54) is 0 Å². The van der Waals surface area contributed by atoms with Gasteiger partial charge in [-0.25, -0.2) is 9.59 Å². The zero-order valence-corrected chi connectivity index (χ0v) is 14.0. The molecule has 0 saturated carbocycles. The highest BCUT2D eigenvalue weighted by atomic mass is 16.4. The number of amides is 3. The fraction of sp³-hybridized carbons (Fsp3) is 0.167. The topological polar surface area (TPSA) is 100 Å². The Hall–Kier alpha value is -3.35. The van der Waals surface area contributed by atoms with Gasteiger partial charge in [-0.1, -0.05) is 0 Å². The van der Waals surface area contributed by atoms with Crippen LogP contribution in [0.25, 0.3) is 11.8 Å². The number of urea groups is 1. The van der Waals surface area contributed by atoms with Crippen LogP contribution in [-0.2, 0) is 4.79 Å². The normalized spacial score (nSPS) is 15.4. The molecular formula is C18H17N3O4. The summed E-state index contributed by atoms with van der Waals surface area (Å²) in [5, 5.41) is 13.7. The molecule has 25 heavy (non-hydrogen) atoms. The number of hydrogen-bond donors (Lipinski definition) is 3. The molecule has 0 radical (unpaired) electrons. The molecule has 3 rings (SSSR count). The van der Waals surface area contributed by atoms with Crippen molar-refractivity contribution in [2.45, 2.75) is 20.8 Å². The van der Waals surface area contributed by atoms with Crippen LogP contribution in [0.15, 0.2) is 30.0 Å². The van der Waals surface area contributed by atoms with Crippen LogP contribution in [0.3, 0.4) is 0 Å². The molecule has 3 N–H and O–H groups in total. The van der Waals surface area contributed by atoms with Crippen molar-refractivity contribution in [1.82, 2.24) is 15.2 Å². The molecule has 1 saturated heterocycles. The summed E-state index contributed by atoms with van der Waals surface area (Å²) >= 11 is 0. The number of aromatic carboxylic acids is 1. The number of aryl methyl sites for hydroxylation is 2. The van der Waals surface area contributed by atoms with Gasteiger partial charge in [-0.15, -0.1) is 0 Å². The van der Waals surface area contributed by atoms with Crippen molar-refractivity contribution in [3.05, 3.63) is 58.0 Å². The van der Waals surface area contributed by atoms with Crippen LogP contribution in [0.1, 0.15) is 32.9 Å². The molecule has 3 amide bonds. The summed E-state index contributed by atoms with van der Waals surface area (Å²) < 4.78 is 1.99. The first-order chi connectivity index (χ1) is 11.8. The lowest BCUT2D eigenvalue weighted by Crippen LogP contribution is -2.22. The number of carboxylic acids is 1. The zero-order valence-electron chi connectivity index (χ0n) is 14.0. The van der Waals surface area contributed by atoms with Gasteiger partial charge >= 0.3 is 12.0 Å². The second kappa shape index (κ2) is 5.94. The predicted octanol–water partition coefficient (Wildman–Crippen LogP) is 2.28. The van der Waals surface area contributed by atoms with Crippen molar-refractivity contribution in [2.24, 2.45) is 0 Å². The van der Waals surface area contributed by atoms with E-state index in [0.717, 1.165) is 28.2 Å². The van der Waals surface area contributed by atoms with Crippen LogP contribution in [-0.4, -0.2) is 27.6 Å². The van der Waals surface area contributed by atoms with E-state index >= 15 is 0 Å². The van der Waals surface area contributed by atoms with Crippen molar-refractivity contribution < 1.29 is 19.5 Å². The number of imide groups is 1. The van der Waals surface area contributed by atoms with Gasteiger partial charge in [-0.3, -0.25) is 10.1 Å². The number of aromatic nitrogens is 1. The van der Waals surface area contributed by atoms with Crippen LogP contribution >= 0.6 is 0 Å². The molecule has 0 atom stereocenters. The molecule has 0 aliphatic carbocycles. The maximum Gasteiger partial charge on any atom is 0.335 e. The van der Waals surface area contributed by atoms with Crippen molar-refractivity contribution in [2.75, 3.05) is 0 Å². The lowest BCUT2D eigenvalue weighted by molar-refractivity contribution is -0.115. The van der Waals surface area contributed by atoms with E-state index in [1.54, 1.807) is 24.3 Å². The van der Waals surface area contributed by atoms with Crippen LogP contribution in [0.4, 0.5) is 4.79 Å². The second-order valence-corrected chi connectivity index (χ2v) is 5.93. The lowest BCUT2D eigenvalue weighted by atomic mass is 10.1. The summed E-state index contributed by atoms with van der Waals surface area (Å²) in [5.41, 5.74) is 4.73. The van der Waals surface area contributed by atoms with E-state index in [4.69, 9.17) is 5.11 Å². The van der Waals surface area contributed by atoms with Gasteiger partial charge in [0.25, 0.3) is 5.91 Å². The monoisotopic (exact) mass is 339 g/mol. The Morgan fingerprint density at radius 2 is 1.84 bits per heavy atom. The van der Waals surface area contributed by atoms with E-state index < -0.39 is 17.9 Å². The third-order valence-corrected chi connectivity index (χ3v) is 4.17. The molecule has 128 valence electrons. The number of carboxylic acid groups (broad SMARTS) is 1. The average Bonchev–Trinajstić information content (AvgIpc) is 2.99. The first-order valence-electron chi connectivity index (χ1n) is 7.65. The number of nitrogens with one attached hydrogen (secondary N) is 2. The highest BCUT2D eigenvalue weighted by Gasteiger charge is 2.23. The predicted molar refractivity (Wildman–Crippen MR) is 91.6 cm³/mol. The fourth-order valence-corrected chi connectivity index (χ4v) is 2.98. The first-order valence-corrected chi connectivity index (χ1v) is 7.65. The summed E-state index contributed by atoms with van der Waals surface area (Å²) in [5.74, 6) is -1.43. The molecule has 7 heteroatoms. The average molecular weight is 339 g/mol. The molecule has 1 fully saturated rings. The number of carbonyl (C=O) groups is 3. The van der Waals surface area contributed by atoms with Gasteiger partial charge in [-0.05, 0) is 62.2 Å². The summed E-state index contributed by atoms with van der Waals surface area (Å²) in [6.45, 7) is 5.68. The lowest BCUT2D eigenvalue weighted by Gasteiger charge is -2.13.